The number of aryl methyl sites for hydroxylation is 1. The van der Waals surface area contributed by atoms with Gasteiger partial charge in [-0.3, -0.25) is 19.7 Å². The number of furan rings is 1. The molecule has 0 fully saturated rings. The fraction of sp³-hybridized carbons (Fsp3) is 0.0476. The Morgan fingerprint density at radius 1 is 1.13 bits per heavy atom. The lowest BCUT2D eigenvalue weighted by Crippen LogP contribution is -2.15. The van der Waals surface area contributed by atoms with Crippen molar-refractivity contribution in [2.75, 3.05) is 10.6 Å². The molecule has 4 rings (SSSR count). The molecule has 0 aliphatic carbocycles. The number of thiazole rings is 1. The molecule has 31 heavy (non-hydrogen) atoms. The molecule has 0 aliphatic rings. The van der Waals surface area contributed by atoms with Crippen LogP contribution in [-0.2, 0) is 0 Å². The van der Waals surface area contributed by atoms with Crippen molar-refractivity contribution in [3.63, 3.8) is 0 Å². The van der Waals surface area contributed by atoms with Gasteiger partial charge in [-0.1, -0.05) is 6.07 Å². The number of nitrogens with zero attached hydrogens (tertiary/aromatic N) is 1. The van der Waals surface area contributed by atoms with E-state index in [4.69, 9.17) is 10.2 Å². The van der Waals surface area contributed by atoms with Crippen molar-refractivity contribution in [3.05, 3.63) is 76.8 Å². The first kappa shape index (κ1) is 20.1. The van der Waals surface area contributed by atoms with Crippen LogP contribution < -0.4 is 16.4 Å². The van der Waals surface area contributed by atoms with Gasteiger partial charge in [-0.15, -0.1) is 11.3 Å². The number of carbonyl (C=O) groups is 3. The normalized spacial score (nSPS) is 10.6. The van der Waals surface area contributed by atoms with Crippen LogP contribution in [0.5, 0.6) is 0 Å². The third-order valence-electron chi connectivity index (χ3n) is 4.46. The zero-order chi connectivity index (χ0) is 22.0. The highest BCUT2D eigenvalue weighted by molar-refractivity contribution is 7.14. The molecular formula is C21H17N5O4S. The van der Waals surface area contributed by atoms with Crippen molar-refractivity contribution in [2.45, 2.75) is 6.92 Å². The van der Waals surface area contributed by atoms with Crippen LogP contribution in [-0.4, -0.2) is 27.7 Å². The molecule has 0 bridgehead atoms. The molecule has 5 N–H and O–H groups in total. The number of amides is 3. The maximum atomic E-state index is 12.7. The molecule has 0 saturated carbocycles. The fourth-order valence-corrected chi connectivity index (χ4v) is 3.52. The summed E-state index contributed by atoms with van der Waals surface area (Å²) >= 11 is 1.25. The molecule has 3 amide bonds. The first-order valence-electron chi connectivity index (χ1n) is 9.11. The van der Waals surface area contributed by atoms with E-state index in [0.29, 0.717) is 27.6 Å². The summed E-state index contributed by atoms with van der Waals surface area (Å²) < 4.78 is 5.09. The number of aromatic nitrogens is 2. The molecule has 10 heteroatoms. The summed E-state index contributed by atoms with van der Waals surface area (Å²) in [6, 6.07) is 9.76. The molecule has 1 aromatic carbocycles. The van der Waals surface area contributed by atoms with E-state index in [0.717, 1.165) is 5.56 Å². The maximum absolute atomic E-state index is 12.7. The average Bonchev–Trinajstić information content (AvgIpc) is 3.50. The summed E-state index contributed by atoms with van der Waals surface area (Å²) in [5.41, 5.74) is 8.45. The van der Waals surface area contributed by atoms with Gasteiger partial charge in [0.15, 0.2) is 10.9 Å². The standard InChI is InChI=1S/C21H17N5O4S/c1-11-4-5-12(7-14(11)24-20(29)17-3-2-6-30-17)19(28)26-21-25-16(10-31-21)13-8-15(18(22)27)23-9-13/h2-10,23H,1H3,(H2,22,27)(H,24,29)(H,25,26,28). The Kier molecular flexibility index (Phi) is 5.37. The first-order valence-corrected chi connectivity index (χ1v) is 9.99. The van der Waals surface area contributed by atoms with Gasteiger partial charge in [0.1, 0.15) is 5.69 Å². The van der Waals surface area contributed by atoms with Gasteiger partial charge in [-0.2, -0.15) is 0 Å². The van der Waals surface area contributed by atoms with E-state index in [1.54, 1.807) is 48.0 Å². The monoisotopic (exact) mass is 435 g/mol. The van der Waals surface area contributed by atoms with Crippen molar-refractivity contribution in [2.24, 2.45) is 5.73 Å². The number of hydrogen-bond acceptors (Lipinski definition) is 6. The van der Waals surface area contributed by atoms with Gasteiger partial charge in [0.05, 0.1) is 12.0 Å². The third-order valence-corrected chi connectivity index (χ3v) is 5.22. The van der Waals surface area contributed by atoms with E-state index in [-0.39, 0.29) is 17.4 Å². The number of rotatable bonds is 6. The molecule has 3 aromatic heterocycles. The predicted octanol–water partition coefficient (Wildman–Crippen LogP) is 3.64. The van der Waals surface area contributed by atoms with Crippen molar-refractivity contribution in [1.82, 2.24) is 9.97 Å². The lowest BCUT2D eigenvalue weighted by molar-refractivity contribution is 0.0988. The molecule has 0 unspecified atom stereocenters. The molecule has 3 heterocycles. The number of aromatic amines is 1. The highest BCUT2D eigenvalue weighted by Crippen LogP contribution is 2.26. The zero-order valence-electron chi connectivity index (χ0n) is 16.3. The van der Waals surface area contributed by atoms with Crippen LogP contribution in [0.25, 0.3) is 11.3 Å². The van der Waals surface area contributed by atoms with Crippen molar-refractivity contribution in [1.29, 1.82) is 0 Å². The number of nitrogens with two attached hydrogens (primary N) is 1. The lowest BCUT2D eigenvalue weighted by Gasteiger charge is -2.09. The Balaban J connectivity index is 1.48. The highest BCUT2D eigenvalue weighted by Gasteiger charge is 2.15. The summed E-state index contributed by atoms with van der Waals surface area (Å²) in [5.74, 6) is -1.17. The quantitative estimate of drug-likeness (QED) is 0.366. The van der Waals surface area contributed by atoms with Crippen LogP contribution in [0.4, 0.5) is 10.8 Å². The number of nitrogens with one attached hydrogen (secondary N) is 3. The lowest BCUT2D eigenvalue weighted by atomic mass is 10.1. The molecular weight excluding hydrogens is 418 g/mol. The minimum absolute atomic E-state index is 0.175. The van der Waals surface area contributed by atoms with E-state index in [1.165, 1.54) is 17.6 Å². The minimum Gasteiger partial charge on any atom is -0.459 e. The molecule has 4 aromatic rings. The van der Waals surface area contributed by atoms with Crippen molar-refractivity contribution >= 4 is 39.9 Å². The van der Waals surface area contributed by atoms with Crippen LogP contribution in [0.3, 0.4) is 0 Å². The largest absolute Gasteiger partial charge is 0.459 e. The second-order valence-corrected chi connectivity index (χ2v) is 7.48. The Morgan fingerprint density at radius 2 is 1.97 bits per heavy atom. The summed E-state index contributed by atoms with van der Waals surface area (Å²) in [6.07, 6.45) is 3.03. The Hall–Kier alpha value is -4.18. The van der Waals surface area contributed by atoms with Crippen LogP contribution in [0.15, 0.2) is 58.7 Å². The number of carbonyl (C=O) groups excluding carboxylic acids is 3. The van der Waals surface area contributed by atoms with E-state index in [1.807, 2.05) is 6.92 Å². The summed E-state index contributed by atoms with van der Waals surface area (Å²) in [4.78, 5) is 43.3. The third kappa shape index (κ3) is 4.38. The number of H-pyrrole nitrogens is 1. The molecule has 0 spiro atoms. The van der Waals surface area contributed by atoms with Gasteiger partial charge in [0.2, 0.25) is 0 Å². The van der Waals surface area contributed by atoms with Crippen molar-refractivity contribution in [3.8, 4) is 11.3 Å². The van der Waals surface area contributed by atoms with Gasteiger partial charge in [-0.25, -0.2) is 4.98 Å². The van der Waals surface area contributed by atoms with Crippen molar-refractivity contribution < 1.29 is 18.8 Å². The molecule has 0 saturated heterocycles. The molecule has 0 radical (unpaired) electrons. The predicted molar refractivity (Wildman–Crippen MR) is 116 cm³/mol. The highest BCUT2D eigenvalue weighted by atomic mass is 32.1. The van der Waals surface area contributed by atoms with Crippen LogP contribution in [0.1, 0.15) is 37.0 Å². The summed E-state index contributed by atoms with van der Waals surface area (Å²) in [6.45, 7) is 1.82. The summed E-state index contributed by atoms with van der Waals surface area (Å²) in [5, 5.41) is 7.63. The minimum atomic E-state index is -0.565. The van der Waals surface area contributed by atoms with Gasteiger partial charge in [0, 0.05) is 28.4 Å². The SMILES string of the molecule is Cc1ccc(C(=O)Nc2nc(-c3c[nH]c(C(N)=O)c3)cs2)cc1NC(=O)c1ccco1. The van der Waals surface area contributed by atoms with Gasteiger partial charge >= 0.3 is 0 Å². The van der Waals surface area contributed by atoms with Gasteiger partial charge in [-0.05, 0) is 42.8 Å². The number of hydrogen-bond donors (Lipinski definition) is 4. The summed E-state index contributed by atoms with van der Waals surface area (Å²) in [7, 11) is 0. The molecule has 0 aliphatic heterocycles. The first-order chi connectivity index (χ1) is 14.9. The number of benzene rings is 1. The fourth-order valence-electron chi connectivity index (χ4n) is 2.81. The van der Waals surface area contributed by atoms with Crippen LogP contribution in [0, 0.1) is 6.92 Å². The number of anilines is 2. The van der Waals surface area contributed by atoms with Gasteiger partial charge < -0.3 is 20.5 Å². The van der Waals surface area contributed by atoms with E-state index in [2.05, 4.69) is 20.6 Å². The molecule has 9 nitrogen and oxygen atoms in total. The van der Waals surface area contributed by atoms with Crippen LogP contribution >= 0.6 is 11.3 Å². The van der Waals surface area contributed by atoms with E-state index in [9.17, 15) is 14.4 Å². The Morgan fingerprint density at radius 3 is 2.68 bits per heavy atom. The average molecular weight is 435 g/mol. The second-order valence-electron chi connectivity index (χ2n) is 6.62. The second kappa shape index (κ2) is 8.28. The zero-order valence-corrected chi connectivity index (χ0v) is 17.1. The Bertz CT molecular complexity index is 1270. The molecule has 0 atom stereocenters. The van der Waals surface area contributed by atoms with E-state index < -0.39 is 11.8 Å². The smallest absolute Gasteiger partial charge is 0.291 e. The molecule has 156 valence electrons. The maximum Gasteiger partial charge on any atom is 0.291 e. The Labute approximate surface area is 180 Å². The number of primary amides is 1. The van der Waals surface area contributed by atoms with E-state index >= 15 is 0 Å². The topological polar surface area (TPSA) is 143 Å². The van der Waals surface area contributed by atoms with Gasteiger partial charge in [0.25, 0.3) is 17.7 Å². The van der Waals surface area contributed by atoms with Crippen LogP contribution in [0.2, 0.25) is 0 Å².